The Kier molecular flexibility index (Phi) is 4.10. The van der Waals surface area contributed by atoms with Crippen molar-refractivity contribution < 1.29 is 24.5 Å². The number of aromatic hydroxyl groups is 1. The molecule has 1 aliphatic heterocycles. The second kappa shape index (κ2) is 6.20. The molecule has 0 saturated carbocycles. The number of benzene rings is 2. The number of phenols is 1. The Labute approximate surface area is 134 Å². The molecular weight excluding hydrogens is 296 g/mol. The number of ether oxygens (including phenoxy) is 2. The average molecular weight is 314 g/mol. The molecule has 3 rings (SSSR count). The number of carboxylic acid groups (broad SMARTS) is 1. The molecule has 0 saturated heterocycles. The molecule has 120 valence electrons. The Morgan fingerprint density at radius 3 is 2.87 bits per heavy atom. The van der Waals surface area contributed by atoms with E-state index in [1.807, 2.05) is 25.1 Å². The summed E-state index contributed by atoms with van der Waals surface area (Å²) in [7, 11) is 0. The number of hydrogen-bond acceptors (Lipinski definition) is 4. The van der Waals surface area contributed by atoms with Gasteiger partial charge < -0.3 is 19.7 Å². The highest BCUT2D eigenvalue weighted by Crippen LogP contribution is 2.38. The van der Waals surface area contributed by atoms with Gasteiger partial charge in [-0.1, -0.05) is 18.2 Å². The number of fused-ring (bicyclic) bond motifs is 1. The monoisotopic (exact) mass is 314 g/mol. The highest BCUT2D eigenvalue weighted by molar-refractivity contribution is 5.68. The number of aliphatic carboxylic acids is 1. The van der Waals surface area contributed by atoms with Crippen LogP contribution in [0.5, 0.6) is 17.2 Å². The largest absolute Gasteiger partial charge is 0.508 e. The molecule has 0 bridgehead atoms. The Balaban J connectivity index is 1.69. The Bertz CT molecular complexity index is 738. The molecule has 0 aromatic heterocycles. The number of aryl methyl sites for hydroxylation is 1. The lowest BCUT2D eigenvalue weighted by atomic mass is 9.98. The van der Waals surface area contributed by atoms with Crippen molar-refractivity contribution in [2.45, 2.75) is 25.9 Å². The van der Waals surface area contributed by atoms with Gasteiger partial charge in [0.2, 0.25) is 0 Å². The predicted molar refractivity (Wildman–Crippen MR) is 84.1 cm³/mol. The Morgan fingerprint density at radius 2 is 2.13 bits per heavy atom. The fraction of sp³-hybridized carbons (Fsp3) is 0.278. The molecule has 0 aliphatic carbocycles. The predicted octanol–water partition coefficient (Wildman–Crippen LogP) is 3.23. The maximum atomic E-state index is 10.8. The summed E-state index contributed by atoms with van der Waals surface area (Å²) in [6.07, 6.45) is 0.0600. The van der Waals surface area contributed by atoms with Crippen LogP contribution in [-0.4, -0.2) is 22.8 Å². The van der Waals surface area contributed by atoms with Crippen molar-refractivity contribution in [2.24, 2.45) is 0 Å². The van der Waals surface area contributed by atoms with E-state index in [1.165, 1.54) is 0 Å². The van der Waals surface area contributed by atoms with Crippen molar-refractivity contribution in [2.75, 3.05) is 6.61 Å². The van der Waals surface area contributed by atoms with Gasteiger partial charge in [-0.2, -0.15) is 0 Å². The van der Waals surface area contributed by atoms with Gasteiger partial charge in [0, 0.05) is 23.1 Å². The van der Waals surface area contributed by atoms with E-state index in [4.69, 9.17) is 14.6 Å². The summed E-state index contributed by atoms with van der Waals surface area (Å²) < 4.78 is 11.2. The Hall–Kier alpha value is -2.69. The third-order valence-electron chi connectivity index (χ3n) is 3.92. The van der Waals surface area contributed by atoms with E-state index >= 15 is 0 Å². The first-order valence-electron chi connectivity index (χ1n) is 7.43. The molecule has 0 fully saturated rings. The van der Waals surface area contributed by atoms with Crippen molar-refractivity contribution in [1.82, 2.24) is 0 Å². The minimum Gasteiger partial charge on any atom is -0.508 e. The number of rotatable bonds is 5. The lowest BCUT2D eigenvalue weighted by Crippen LogP contribution is -2.07. The van der Waals surface area contributed by atoms with E-state index in [1.54, 1.807) is 18.2 Å². The minimum atomic E-state index is -0.832. The van der Waals surface area contributed by atoms with E-state index in [-0.39, 0.29) is 24.7 Å². The van der Waals surface area contributed by atoms with E-state index in [0.29, 0.717) is 23.7 Å². The molecule has 1 atom stereocenters. The topological polar surface area (TPSA) is 76.0 Å². The molecular formula is C18H18O5. The zero-order chi connectivity index (χ0) is 16.4. The molecule has 1 unspecified atom stereocenters. The number of carbonyl (C=O) groups is 1. The highest BCUT2D eigenvalue weighted by Gasteiger charge is 2.26. The van der Waals surface area contributed by atoms with Crippen LogP contribution in [0.15, 0.2) is 36.4 Å². The average Bonchev–Trinajstić information content (AvgIpc) is 2.88. The van der Waals surface area contributed by atoms with Gasteiger partial charge >= 0.3 is 5.97 Å². The summed E-state index contributed by atoms with van der Waals surface area (Å²) in [6, 6.07) is 10.9. The molecule has 0 amide bonds. The van der Waals surface area contributed by atoms with Crippen LogP contribution in [0, 0.1) is 6.92 Å². The van der Waals surface area contributed by atoms with E-state index in [0.717, 1.165) is 11.1 Å². The lowest BCUT2D eigenvalue weighted by Gasteiger charge is -2.10. The van der Waals surface area contributed by atoms with E-state index < -0.39 is 5.97 Å². The fourth-order valence-corrected chi connectivity index (χ4v) is 2.68. The molecule has 5 heteroatoms. The van der Waals surface area contributed by atoms with Crippen LogP contribution >= 0.6 is 0 Å². The van der Waals surface area contributed by atoms with Gasteiger partial charge in [-0.05, 0) is 24.6 Å². The molecule has 5 nitrogen and oxygen atoms in total. The molecule has 2 aromatic rings. The summed E-state index contributed by atoms with van der Waals surface area (Å²) in [4.78, 5) is 10.8. The first-order chi connectivity index (χ1) is 11.0. The Morgan fingerprint density at radius 1 is 1.30 bits per heavy atom. The summed E-state index contributed by atoms with van der Waals surface area (Å²) in [6.45, 7) is 2.54. The number of hydrogen-bond donors (Lipinski definition) is 2. The quantitative estimate of drug-likeness (QED) is 0.886. The zero-order valence-electron chi connectivity index (χ0n) is 12.8. The number of phenolic OH excluding ortho intramolecular Hbond substituents is 1. The van der Waals surface area contributed by atoms with Crippen LogP contribution in [0.3, 0.4) is 0 Å². The van der Waals surface area contributed by atoms with Gasteiger partial charge in [-0.3, -0.25) is 4.79 Å². The molecule has 2 aromatic carbocycles. The van der Waals surface area contributed by atoms with Crippen molar-refractivity contribution >= 4 is 5.97 Å². The van der Waals surface area contributed by atoms with E-state index in [9.17, 15) is 9.90 Å². The van der Waals surface area contributed by atoms with Gasteiger partial charge in [0.1, 0.15) is 23.9 Å². The SMILES string of the molecule is Cc1ccc(COc2ccc3c(c2)OCC3CC(=O)O)c(O)c1. The molecule has 2 N–H and O–H groups in total. The maximum absolute atomic E-state index is 10.8. The fourth-order valence-electron chi connectivity index (χ4n) is 2.68. The molecule has 23 heavy (non-hydrogen) atoms. The molecule has 0 spiro atoms. The summed E-state index contributed by atoms with van der Waals surface area (Å²) in [5.41, 5.74) is 2.60. The third-order valence-corrected chi connectivity index (χ3v) is 3.92. The standard InChI is InChI=1S/C18H18O5/c1-11-2-3-12(16(19)6-11)9-22-14-4-5-15-13(7-18(20)21)10-23-17(15)8-14/h2-6,8,13,19H,7,9-10H2,1H3,(H,20,21). The van der Waals surface area contributed by atoms with Gasteiger partial charge in [0.05, 0.1) is 13.0 Å². The van der Waals surface area contributed by atoms with Gasteiger partial charge in [0.25, 0.3) is 0 Å². The molecule has 1 heterocycles. The minimum absolute atomic E-state index is 0.0600. The van der Waals surface area contributed by atoms with Crippen molar-refractivity contribution in [3.8, 4) is 17.2 Å². The summed E-state index contributed by atoms with van der Waals surface area (Å²) >= 11 is 0. The maximum Gasteiger partial charge on any atom is 0.304 e. The normalized spacial score (nSPS) is 15.8. The van der Waals surface area contributed by atoms with Crippen LogP contribution in [-0.2, 0) is 11.4 Å². The second-order valence-electron chi connectivity index (χ2n) is 5.73. The first-order valence-corrected chi connectivity index (χ1v) is 7.43. The van der Waals surface area contributed by atoms with Crippen molar-refractivity contribution in [3.63, 3.8) is 0 Å². The van der Waals surface area contributed by atoms with Crippen LogP contribution in [0.4, 0.5) is 0 Å². The van der Waals surface area contributed by atoms with Crippen molar-refractivity contribution in [1.29, 1.82) is 0 Å². The highest BCUT2D eigenvalue weighted by atomic mass is 16.5. The first kappa shape index (κ1) is 15.2. The van der Waals surface area contributed by atoms with E-state index in [2.05, 4.69) is 0 Å². The zero-order valence-corrected chi connectivity index (χ0v) is 12.8. The second-order valence-corrected chi connectivity index (χ2v) is 5.73. The third kappa shape index (κ3) is 3.39. The van der Waals surface area contributed by atoms with Gasteiger partial charge in [-0.25, -0.2) is 0 Å². The van der Waals surface area contributed by atoms with Crippen LogP contribution in [0.2, 0.25) is 0 Å². The van der Waals surface area contributed by atoms with Gasteiger partial charge in [0.15, 0.2) is 0 Å². The smallest absolute Gasteiger partial charge is 0.304 e. The van der Waals surface area contributed by atoms with Gasteiger partial charge in [-0.15, -0.1) is 0 Å². The molecule has 1 aliphatic rings. The summed E-state index contributed by atoms with van der Waals surface area (Å²) in [5, 5.41) is 18.8. The lowest BCUT2D eigenvalue weighted by molar-refractivity contribution is -0.137. The number of carboxylic acids is 1. The van der Waals surface area contributed by atoms with Crippen LogP contribution < -0.4 is 9.47 Å². The van der Waals surface area contributed by atoms with Crippen LogP contribution in [0.1, 0.15) is 29.0 Å². The summed E-state index contributed by atoms with van der Waals surface area (Å²) in [5.74, 6) is 0.560. The van der Waals surface area contributed by atoms with Crippen molar-refractivity contribution in [3.05, 3.63) is 53.1 Å². The molecule has 0 radical (unpaired) electrons. The van der Waals surface area contributed by atoms with Crippen LogP contribution in [0.25, 0.3) is 0 Å².